The van der Waals surface area contributed by atoms with E-state index >= 15 is 0 Å². The van der Waals surface area contributed by atoms with E-state index in [4.69, 9.17) is 0 Å². The zero-order chi connectivity index (χ0) is 14.5. The number of fused-ring (bicyclic) bond motifs is 2. The van der Waals surface area contributed by atoms with E-state index in [1.165, 1.54) is 22.3 Å². The lowest BCUT2D eigenvalue weighted by molar-refractivity contribution is 0.614. The fourth-order valence-corrected chi connectivity index (χ4v) is 3.58. The van der Waals surface area contributed by atoms with E-state index in [-0.39, 0.29) is 0 Å². The molecule has 0 unspecified atom stereocenters. The van der Waals surface area contributed by atoms with Crippen LogP contribution in [0.15, 0.2) is 61.2 Å². The van der Waals surface area contributed by atoms with Crippen LogP contribution < -0.4 is 5.32 Å². The van der Waals surface area contributed by atoms with E-state index in [1.54, 1.807) is 0 Å². The van der Waals surface area contributed by atoms with Crippen LogP contribution in [0.5, 0.6) is 0 Å². The molecular weight excluding hydrogens is 274 g/mol. The van der Waals surface area contributed by atoms with Gasteiger partial charge in [0.05, 0.1) is 6.04 Å². The van der Waals surface area contributed by atoms with Crippen LogP contribution in [0.3, 0.4) is 0 Å². The van der Waals surface area contributed by atoms with Crippen LogP contribution in [0.4, 0.5) is 0 Å². The van der Waals surface area contributed by atoms with E-state index in [0.717, 1.165) is 24.5 Å². The van der Waals surface area contributed by atoms with E-state index in [0.29, 0.717) is 6.04 Å². The van der Waals surface area contributed by atoms with Crippen molar-refractivity contribution in [3.63, 3.8) is 0 Å². The molecule has 1 N–H and O–H groups in total. The highest BCUT2D eigenvalue weighted by molar-refractivity contribution is 7.99. The first-order valence-corrected chi connectivity index (χ1v) is 8.63. The van der Waals surface area contributed by atoms with Gasteiger partial charge in [-0.25, -0.2) is 0 Å². The van der Waals surface area contributed by atoms with Crippen molar-refractivity contribution in [1.29, 1.82) is 0 Å². The van der Waals surface area contributed by atoms with Crippen LogP contribution in [0.25, 0.3) is 0 Å². The Labute approximate surface area is 131 Å². The molecule has 0 aromatic heterocycles. The second kappa shape index (κ2) is 6.97. The maximum Gasteiger partial charge on any atom is 0.0582 e. The minimum atomic E-state index is 0.329. The molecule has 0 bridgehead atoms. The van der Waals surface area contributed by atoms with Crippen molar-refractivity contribution < 1.29 is 0 Å². The van der Waals surface area contributed by atoms with Crippen molar-refractivity contribution in [3.8, 4) is 0 Å². The zero-order valence-electron chi connectivity index (χ0n) is 12.2. The third-order valence-electron chi connectivity index (χ3n) is 3.94. The highest BCUT2D eigenvalue weighted by Crippen LogP contribution is 2.34. The van der Waals surface area contributed by atoms with Gasteiger partial charge in [0.1, 0.15) is 0 Å². The summed E-state index contributed by atoms with van der Waals surface area (Å²) < 4.78 is 0. The van der Waals surface area contributed by atoms with Gasteiger partial charge >= 0.3 is 0 Å². The quantitative estimate of drug-likeness (QED) is 0.633. The zero-order valence-corrected chi connectivity index (χ0v) is 13.0. The molecule has 2 aromatic rings. The van der Waals surface area contributed by atoms with Crippen molar-refractivity contribution >= 4 is 11.8 Å². The summed E-state index contributed by atoms with van der Waals surface area (Å²) in [7, 11) is 0. The minimum Gasteiger partial charge on any atom is -0.305 e. The van der Waals surface area contributed by atoms with Crippen LogP contribution in [0.1, 0.15) is 28.3 Å². The Kier molecular flexibility index (Phi) is 4.79. The molecule has 2 heteroatoms. The Morgan fingerprint density at radius 3 is 2.29 bits per heavy atom. The second-order valence-electron chi connectivity index (χ2n) is 5.33. The van der Waals surface area contributed by atoms with Gasteiger partial charge in [0.2, 0.25) is 0 Å². The summed E-state index contributed by atoms with van der Waals surface area (Å²) in [5.41, 5.74) is 5.77. The van der Waals surface area contributed by atoms with Crippen LogP contribution in [-0.2, 0) is 6.42 Å². The number of nitrogens with one attached hydrogen (secondary N) is 1. The van der Waals surface area contributed by atoms with E-state index in [1.807, 2.05) is 17.8 Å². The highest BCUT2D eigenvalue weighted by atomic mass is 32.2. The molecule has 0 saturated carbocycles. The average molecular weight is 295 g/mol. The number of hydrogen-bond acceptors (Lipinski definition) is 2. The molecular formula is C19H21NS. The van der Waals surface area contributed by atoms with E-state index in [2.05, 4.69) is 60.4 Å². The molecule has 0 atom stereocenters. The van der Waals surface area contributed by atoms with Gasteiger partial charge in [0, 0.05) is 18.1 Å². The second-order valence-corrected chi connectivity index (χ2v) is 6.47. The summed E-state index contributed by atoms with van der Waals surface area (Å²) in [6.45, 7) is 4.79. The molecule has 0 fully saturated rings. The van der Waals surface area contributed by atoms with Crippen molar-refractivity contribution in [2.45, 2.75) is 12.5 Å². The molecule has 1 aliphatic carbocycles. The van der Waals surface area contributed by atoms with Crippen LogP contribution in [-0.4, -0.2) is 18.1 Å². The van der Waals surface area contributed by atoms with Crippen molar-refractivity contribution in [3.05, 3.63) is 83.4 Å². The van der Waals surface area contributed by atoms with Gasteiger partial charge in [-0.1, -0.05) is 54.6 Å². The van der Waals surface area contributed by atoms with Crippen molar-refractivity contribution in [1.82, 2.24) is 5.32 Å². The number of rotatable bonds is 6. The highest BCUT2D eigenvalue weighted by Gasteiger charge is 2.23. The SMILES string of the molecule is C=CCSCCNC1c2ccccc2Cc2ccccc21. The first kappa shape index (κ1) is 14.4. The first-order chi connectivity index (χ1) is 10.4. The third kappa shape index (κ3) is 3.22. The standard InChI is InChI=1S/C19H21NS/c1-2-12-21-13-11-20-19-17-9-5-3-7-15(17)14-16-8-4-6-10-18(16)19/h2-10,19-20H,1,11-14H2. The summed E-state index contributed by atoms with van der Waals surface area (Å²) in [6, 6.07) is 17.9. The molecule has 108 valence electrons. The summed E-state index contributed by atoms with van der Waals surface area (Å²) in [6.07, 6.45) is 3.02. The Balaban J connectivity index is 1.80. The van der Waals surface area contributed by atoms with Crippen molar-refractivity contribution in [2.24, 2.45) is 0 Å². The monoisotopic (exact) mass is 295 g/mol. The Morgan fingerprint density at radius 1 is 1.05 bits per heavy atom. The molecule has 0 heterocycles. The molecule has 0 radical (unpaired) electrons. The number of benzene rings is 2. The van der Waals surface area contributed by atoms with E-state index < -0.39 is 0 Å². The molecule has 1 aliphatic rings. The summed E-state index contributed by atoms with van der Waals surface area (Å²) in [5.74, 6) is 2.15. The van der Waals surface area contributed by atoms with Gasteiger partial charge in [-0.05, 0) is 28.7 Å². The van der Waals surface area contributed by atoms with Crippen LogP contribution in [0, 0.1) is 0 Å². The van der Waals surface area contributed by atoms with Gasteiger partial charge in [0.25, 0.3) is 0 Å². The van der Waals surface area contributed by atoms with Gasteiger partial charge in [-0.15, -0.1) is 6.58 Å². The fraction of sp³-hybridized carbons (Fsp3) is 0.263. The predicted octanol–water partition coefficient (Wildman–Crippen LogP) is 4.19. The molecule has 1 nitrogen and oxygen atoms in total. The van der Waals surface area contributed by atoms with Gasteiger partial charge in [-0.3, -0.25) is 0 Å². The average Bonchev–Trinajstić information content (AvgIpc) is 2.53. The lowest BCUT2D eigenvalue weighted by Crippen LogP contribution is -2.29. The Hall–Kier alpha value is -1.51. The smallest absolute Gasteiger partial charge is 0.0582 e. The molecule has 21 heavy (non-hydrogen) atoms. The lowest BCUT2D eigenvalue weighted by Gasteiger charge is -2.29. The van der Waals surface area contributed by atoms with Crippen molar-refractivity contribution in [2.75, 3.05) is 18.1 Å². The van der Waals surface area contributed by atoms with E-state index in [9.17, 15) is 0 Å². The largest absolute Gasteiger partial charge is 0.305 e. The van der Waals surface area contributed by atoms with Gasteiger partial charge in [-0.2, -0.15) is 11.8 Å². The molecule has 3 rings (SSSR count). The maximum absolute atomic E-state index is 3.77. The number of hydrogen-bond donors (Lipinski definition) is 1. The Morgan fingerprint density at radius 2 is 1.67 bits per heavy atom. The predicted molar refractivity (Wildman–Crippen MR) is 93.1 cm³/mol. The van der Waals surface area contributed by atoms with Gasteiger partial charge < -0.3 is 5.32 Å². The minimum absolute atomic E-state index is 0.329. The number of thioether (sulfide) groups is 1. The fourth-order valence-electron chi connectivity index (χ4n) is 2.99. The van der Waals surface area contributed by atoms with Crippen LogP contribution in [0.2, 0.25) is 0 Å². The normalized spacial score (nSPS) is 13.5. The Bertz CT molecular complexity index is 575. The first-order valence-electron chi connectivity index (χ1n) is 7.48. The van der Waals surface area contributed by atoms with Crippen LogP contribution >= 0.6 is 11.8 Å². The molecule has 0 amide bonds. The lowest BCUT2D eigenvalue weighted by atomic mass is 9.82. The molecule has 2 aromatic carbocycles. The maximum atomic E-state index is 3.77. The molecule has 0 saturated heterocycles. The third-order valence-corrected chi connectivity index (χ3v) is 4.91. The van der Waals surface area contributed by atoms with Gasteiger partial charge in [0.15, 0.2) is 0 Å². The summed E-state index contributed by atoms with van der Waals surface area (Å²) in [4.78, 5) is 0. The summed E-state index contributed by atoms with van der Waals surface area (Å²) in [5, 5.41) is 3.74. The molecule has 0 aliphatic heterocycles. The summed E-state index contributed by atoms with van der Waals surface area (Å²) >= 11 is 1.92. The molecule has 0 spiro atoms. The topological polar surface area (TPSA) is 12.0 Å².